The molecule has 9 rings (SSSR count). The first-order valence-electron chi connectivity index (χ1n) is 16.8. The predicted molar refractivity (Wildman–Crippen MR) is 190 cm³/mol. The lowest BCUT2D eigenvalue weighted by Crippen LogP contribution is -1.97. The van der Waals surface area contributed by atoms with Crippen molar-refractivity contribution in [1.29, 1.82) is 0 Å². The molecule has 3 heterocycles. The molecule has 0 unspecified atom stereocenters. The summed E-state index contributed by atoms with van der Waals surface area (Å²) in [4.78, 5) is 10.4. The summed E-state index contributed by atoms with van der Waals surface area (Å²) >= 11 is 3.49. The zero-order chi connectivity index (χ0) is 33.4. The molecule has 0 aliphatic heterocycles. The molecule has 0 aliphatic rings. The van der Waals surface area contributed by atoms with E-state index >= 15 is 0 Å². The van der Waals surface area contributed by atoms with E-state index < -0.39 is 6.04 Å². The van der Waals surface area contributed by atoms with Crippen LogP contribution in [-0.2, 0) is 0 Å². The van der Waals surface area contributed by atoms with Crippen molar-refractivity contribution in [2.24, 2.45) is 0 Å². The van der Waals surface area contributed by atoms with Crippen LogP contribution in [0.5, 0.6) is 0 Å². The molecule has 0 amide bonds. The molecule has 0 fully saturated rings. The first kappa shape index (κ1) is 20.7. The Labute approximate surface area is 269 Å². The zero-order valence-electron chi connectivity index (χ0n) is 28.2. The summed E-state index contributed by atoms with van der Waals surface area (Å²) in [5.41, 5.74) is 4.47. The van der Waals surface area contributed by atoms with Crippen LogP contribution in [0.1, 0.15) is 6.85 Å². The third-order valence-electron chi connectivity index (χ3n) is 8.01. The lowest BCUT2D eigenvalue weighted by Gasteiger charge is -2.13. The van der Waals surface area contributed by atoms with Crippen LogP contribution in [0.4, 0.5) is 0 Å². The molecule has 0 saturated carbocycles. The highest BCUT2D eigenvalue weighted by Crippen LogP contribution is 2.42. The molecular formula is C40H24N2S2. The molecule has 0 saturated heterocycles. The Hall–Kier alpha value is -5.16. The van der Waals surface area contributed by atoms with Gasteiger partial charge in [-0.05, 0) is 47.5 Å². The van der Waals surface area contributed by atoms with Crippen molar-refractivity contribution in [3.63, 3.8) is 0 Å². The van der Waals surface area contributed by atoms with Crippen LogP contribution < -0.4 is 0 Å². The fraction of sp³-hybridized carbons (Fsp3) is 0. The molecule has 0 bridgehead atoms. The number of aromatic nitrogens is 2. The monoisotopic (exact) mass is 601 g/mol. The summed E-state index contributed by atoms with van der Waals surface area (Å²) in [7, 11) is 0. The number of hydrogen-bond acceptors (Lipinski definition) is 4. The molecule has 44 heavy (non-hydrogen) atoms. The van der Waals surface area contributed by atoms with Gasteiger partial charge in [-0.3, -0.25) is 0 Å². The van der Waals surface area contributed by atoms with Crippen molar-refractivity contribution in [3.05, 3.63) is 145 Å². The van der Waals surface area contributed by atoms with E-state index in [-0.39, 0.29) is 29.7 Å². The SMILES string of the molecule is [2H]c1c([2H])c([2H])c(-c2ccccc2-c2cc(-c3cccc4c3sc3ccccc34)nc(-c3ccc4sc5ccccc5c4c3)n2)c([2H])c1[2H]. The minimum atomic E-state index is -0.421. The van der Waals surface area contributed by atoms with E-state index in [1.807, 2.05) is 24.3 Å². The van der Waals surface area contributed by atoms with Gasteiger partial charge in [-0.2, -0.15) is 0 Å². The second kappa shape index (κ2) is 10.2. The van der Waals surface area contributed by atoms with E-state index in [2.05, 4.69) is 84.9 Å². The summed E-state index contributed by atoms with van der Waals surface area (Å²) in [6.07, 6.45) is 0. The van der Waals surface area contributed by atoms with Gasteiger partial charge in [0, 0.05) is 57.0 Å². The molecule has 0 atom stereocenters. The predicted octanol–water partition coefficient (Wildman–Crippen LogP) is 11.9. The topological polar surface area (TPSA) is 25.8 Å². The number of hydrogen-bond donors (Lipinski definition) is 0. The fourth-order valence-corrected chi connectivity index (χ4v) is 8.29. The smallest absolute Gasteiger partial charge is 0.160 e. The molecule has 0 spiro atoms. The van der Waals surface area contributed by atoms with Crippen molar-refractivity contribution < 1.29 is 6.85 Å². The molecular weight excluding hydrogens is 573 g/mol. The summed E-state index contributed by atoms with van der Waals surface area (Å²) in [5, 5.41) is 4.67. The zero-order valence-corrected chi connectivity index (χ0v) is 24.8. The Morgan fingerprint density at radius 3 is 1.89 bits per heavy atom. The van der Waals surface area contributed by atoms with Crippen molar-refractivity contribution in [2.75, 3.05) is 0 Å². The molecule has 0 aliphatic carbocycles. The van der Waals surface area contributed by atoms with Crippen LogP contribution in [0, 0.1) is 0 Å². The molecule has 0 radical (unpaired) electrons. The van der Waals surface area contributed by atoms with Gasteiger partial charge in [0.15, 0.2) is 5.82 Å². The average molecular weight is 602 g/mol. The van der Waals surface area contributed by atoms with Crippen LogP contribution in [0.3, 0.4) is 0 Å². The van der Waals surface area contributed by atoms with Crippen molar-refractivity contribution >= 4 is 63.0 Å². The number of thiophene rings is 2. The third kappa shape index (κ3) is 4.15. The van der Waals surface area contributed by atoms with Gasteiger partial charge < -0.3 is 0 Å². The summed E-state index contributed by atoms with van der Waals surface area (Å²) in [5.74, 6) is 0.540. The molecule has 206 valence electrons. The number of rotatable bonds is 4. The van der Waals surface area contributed by atoms with Crippen molar-refractivity contribution in [2.45, 2.75) is 0 Å². The number of fused-ring (bicyclic) bond motifs is 6. The maximum Gasteiger partial charge on any atom is 0.160 e. The Morgan fingerprint density at radius 2 is 1.07 bits per heavy atom. The standard InChI is InChI=1S/C40H24N2S2/c1-2-11-25(12-3-1)27-13-4-5-14-28(27)34-24-35(32-18-10-17-31-29-15-6-9-20-37(29)44-39(31)32)42-40(41-34)26-21-22-38-33(23-26)30-16-7-8-19-36(30)43-38/h1-24H/i1D,2D,3D,11D,12D. The average Bonchev–Trinajstić information content (AvgIpc) is 3.71. The maximum absolute atomic E-state index is 8.75. The van der Waals surface area contributed by atoms with Crippen LogP contribution >= 0.6 is 22.7 Å². The Balaban J connectivity index is 1.33. The first-order valence-corrected chi connectivity index (χ1v) is 15.9. The number of benzene rings is 6. The fourth-order valence-electron chi connectivity index (χ4n) is 5.98. The Morgan fingerprint density at radius 1 is 0.455 bits per heavy atom. The van der Waals surface area contributed by atoms with Crippen LogP contribution in [0.2, 0.25) is 0 Å². The van der Waals surface area contributed by atoms with E-state index in [1.165, 1.54) is 24.9 Å². The highest BCUT2D eigenvalue weighted by molar-refractivity contribution is 7.26. The van der Waals surface area contributed by atoms with Crippen molar-refractivity contribution in [1.82, 2.24) is 9.97 Å². The summed E-state index contributed by atoms with van der Waals surface area (Å²) in [6, 6.07) is 37.1. The Bertz CT molecular complexity index is 2770. The molecule has 9 aromatic rings. The molecule has 6 aromatic carbocycles. The van der Waals surface area contributed by atoms with E-state index in [9.17, 15) is 0 Å². The second-order valence-electron chi connectivity index (χ2n) is 10.6. The second-order valence-corrected chi connectivity index (χ2v) is 12.7. The highest BCUT2D eigenvalue weighted by atomic mass is 32.1. The maximum atomic E-state index is 8.75. The van der Waals surface area contributed by atoms with Gasteiger partial charge in [0.25, 0.3) is 0 Å². The molecule has 3 aromatic heterocycles. The molecule has 0 N–H and O–H groups in total. The van der Waals surface area contributed by atoms with Gasteiger partial charge >= 0.3 is 0 Å². The minimum Gasteiger partial charge on any atom is -0.228 e. The summed E-state index contributed by atoms with van der Waals surface area (Å²) in [6.45, 7) is 0. The lowest BCUT2D eigenvalue weighted by molar-refractivity contribution is 1.19. The lowest BCUT2D eigenvalue weighted by atomic mass is 9.96. The van der Waals surface area contributed by atoms with E-state index in [1.54, 1.807) is 28.7 Å². The van der Waals surface area contributed by atoms with Crippen LogP contribution in [0.25, 0.3) is 85.4 Å². The van der Waals surface area contributed by atoms with E-state index in [4.69, 9.17) is 16.8 Å². The van der Waals surface area contributed by atoms with Gasteiger partial charge in [-0.1, -0.05) is 109 Å². The minimum absolute atomic E-state index is 0.140. The van der Waals surface area contributed by atoms with Crippen molar-refractivity contribution in [3.8, 4) is 45.0 Å². The van der Waals surface area contributed by atoms with Gasteiger partial charge in [0.1, 0.15) is 0 Å². The van der Waals surface area contributed by atoms with Gasteiger partial charge in [-0.15, -0.1) is 22.7 Å². The summed E-state index contributed by atoms with van der Waals surface area (Å²) < 4.78 is 47.1. The largest absolute Gasteiger partial charge is 0.228 e. The van der Waals surface area contributed by atoms with Crippen LogP contribution in [-0.4, -0.2) is 9.97 Å². The number of nitrogens with zero attached hydrogens (tertiary/aromatic N) is 2. The van der Waals surface area contributed by atoms with E-state index in [0.29, 0.717) is 22.6 Å². The first-order chi connectivity index (χ1) is 23.9. The van der Waals surface area contributed by atoms with Gasteiger partial charge in [-0.25, -0.2) is 9.97 Å². The van der Waals surface area contributed by atoms with Gasteiger partial charge in [0.2, 0.25) is 0 Å². The highest BCUT2D eigenvalue weighted by Gasteiger charge is 2.17. The van der Waals surface area contributed by atoms with E-state index in [0.717, 1.165) is 32.3 Å². The quantitative estimate of drug-likeness (QED) is 0.200. The normalized spacial score (nSPS) is 13.2. The molecule has 4 heteroatoms. The van der Waals surface area contributed by atoms with Gasteiger partial charge in [0.05, 0.1) is 18.2 Å². The molecule has 2 nitrogen and oxygen atoms in total. The third-order valence-corrected chi connectivity index (χ3v) is 10.4. The van der Waals surface area contributed by atoms with Crippen LogP contribution in [0.15, 0.2) is 145 Å². The Kier molecular flexibility index (Phi) is 4.81.